The van der Waals surface area contributed by atoms with Gasteiger partial charge in [-0.2, -0.15) is 0 Å². The minimum atomic E-state index is -0.125. The van der Waals surface area contributed by atoms with Gasteiger partial charge >= 0.3 is 0 Å². The molecule has 2 saturated carbocycles. The second kappa shape index (κ2) is 30.6. The quantitative estimate of drug-likeness (QED) is 0.421. The Morgan fingerprint density at radius 2 is 0.421 bits per heavy atom. The molecule has 19 heavy (non-hydrogen) atoms. The van der Waals surface area contributed by atoms with Crippen LogP contribution in [0.2, 0.25) is 0 Å². The van der Waals surface area contributed by atoms with Crippen LogP contribution in [0.25, 0.3) is 0 Å². The highest BCUT2D eigenvalue weighted by Crippen LogP contribution is 2.15. The minimum absolute atomic E-state index is 0.125. The topological polar surface area (TPSA) is 121 Å². The minimum Gasteiger partial charge on any atom is -0.394 e. The average Bonchev–Trinajstić information content (AvgIpc) is 3.25. The Morgan fingerprint density at radius 1 is 0.316 bits per heavy atom. The van der Waals surface area contributed by atoms with E-state index in [1.807, 2.05) is 0 Å². The summed E-state index contributed by atoms with van der Waals surface area (Å²) in [7, 11) is 0. The summed E-state index contributed by atoms with van der Waals surface area (Å²) in [6.45, 7) is -0.750. The first-order valence-electron chi connectivity index (χ1n) is 6.90. The van der Waals surface area contributed by atoms with Gasteiger partial charge in [0.1, 0.15) is 0 Å². The molecule has 120 valence electrons. The third kappa shape index (κ3) is 73.3. The van der Waals surface area contributed by atoms with Crippen molar-refractivity contribution in [2.24, 2.45) is 0 Å². The molecule has 0 heterocycles. The van der Waals surface area contributed by atoms with Crippen LogP contribution in [-0.2, 0) is 0 Å². The maximum absolute atomic E-state index is 7.62. The Bertz CT molecular complexity index is 85.0. The van der Waals surface area contributed by atoms with Crippen LogP contribution in [0.4, 0.5) is 0 Å². The molecular weight excluding hydrogens is 252 g/mol. The van der Waals surface area contributed by atoms with E-state index in [-0.39, 0.29) is 39.6 Å². The third-order valence-corrected chi connectivity index (χ3v) is 1.65. The molecule has 0 spiro atoms. The zero-order valence-electron chi connectivity index (χ0n) is 11.9. The second-order valence-corrected chi connectivity index (χ2v) is 3.82. The first-order chi connectivity index (χ1) is 9.24. The number of rotatable bonds is 3. The number of aliphatic hydroxyl groups excluding tert-OH is 6. The molecular formula is C13H32O6. The molecule has 0 bridgehead atoms. The smallest absolute Gasteiger partial charge is 0.0662 e. The van der Waals surface area contributed by atoms with Crippen LogP contribution in [0.1, 0.15) is 44.9 Å². The Kier molecular flexibility index (Phi) is 38.4. The second-order valence-electron chi connectivity index (χ2n) is 3.82. The molecule has 0 radical (unpaired) electrons. The molecule has 0 aliphatic heterocycles. The van der Waals surface area contributed by atoms with Crippen molar-refractivity contribution in [2.75, 3.05) is 39.6 Å². The van der Waals surface area contributed by atoms with Gasteiger partial charge in [-0.15, -0.1) is 0 Å². The predicted octanol–water partition coefficient (Wildman–Crippen LogP) is -0.356. The molecule has 2 aliphatic carbocycles. The van der Waals surface area contributed by atoms with Crippen LogP contribution in [0.15, 0.2) is 0 Å². The molecule has 2 rings (SSSR count). The van der Waals surface area contributed by atoms with Gasteiger partial charge in [0.15, 0.2) is 0 Å². The van der Waals surface area contributed by atoms with Crippen LogP contribution in [-0.4, -0.2) is 70.3 Å². The van der Waals surface area contributed by atoms with Crippen molar-refractivity contribution in [1.29, 1.82) is 0 Å². The molecule has 0 unspecified atom stereocenters. The zero-order chi connectivity index (χ0) is 15.2. The monoisotopic (exact) mass is 284 g/mol. The van der Waals surface area contributed by atoms with Crippen molar-refractivity contribution < 1.29 is 30.6 Å². The Morgan fingerprint density at radius 3 is 0.421 bits per heavy atom. The van der Waals surface area contributed by atoms with Gasteiger partial charge in [-0.05, 0) is 0 Å². The molecule has 0 atom stereocenters. The van der Waals surface area contributed by atoms with E-state index in [1.54, 1.807) is 0 Å². The normalized spacial score (nSPS) is 13.6. The van der Waals surface area contributed by atoms with Crippen molar-refractivity contribution in [3.05, 3.63) is 0 Å². The van der Waals surface area contributed by atoms with Crippen LogP contribution in [0, 0.1) is 0 Å². The van der Waals surface area contributed by atoms with E-state index in [1.165, 1.54) is 44.9 Å². The SMILES string of the molecule is C1CC1.C1CCC1.OCCO.OCCO.OCCO. The summed E-state index contributed by atoms with van der Waals surface area (Å²) in [6.07, 6.45) is 10.5. The molecule has 6 heteroatoms. The summed E-state index contributed by atoms with van der Waals surface area (Å²) < 4.78 is 0. The van der Waals surface area contributed by atoms with Crippen LogP contribution < -0.4 is 0 Å². The van der Waals surface area contributed by atoms with Crippen LogP contribution in [0.3, 0.4) is 0 Å². The fourth-order valence-electron chi connectivity index (χ4n) is 0.250. The van der Waals surface area contributed by atoms with Crippen molar-refractivity contribution >= 4 is 0 Å². The van der Waals surface area contributed by atoms with E-state index in [4.69, 9.17) is 30.6 Å². The van der Waals surface area contributed by atoms with Gasteiger partial charge < -0.3 is 30.6 Å². The summed E-state index contributed by atoms with van der Waals surface area (Å²) in [6, 6.07) is 0. The van der Waals surface area contributed by atoms with E-state index < -0.39 is 0 Å². The van der Waals surface area contributed by atoms with Gasteiger partial charge in [0, 0.05) is 0 Å². The summed E-state index contributed by atoms with van der Waals surface area (Å²) in [5, 5.41) is 45.8. The highest BCUT2D eigenvalue weighted by atomic mass is 16.3. The first kappa shape index (κ1) is 23.8. The van der Waals surface area contributed by atoms with Gasteiger partial charge in [0.2, 0.25) is 0 Å². The number of hydrogen-bond donors (Lipinski definition) is 6. The van der Waals surface area contributed by atoms with Crippen molar-refractivity contribution in [3.8, 4) is 0 Å². The van der Waals surface area contributed by atoms with Crippen LogP contribution >= 0.6 is 0 Å². The molecule has 0 aromatic carbocycles. The fraction of sp³-hybridized carbons (Fsp3) is 1.00. The third-order valence-electron chi connectivity index (χ3n) is 1.65. The lowest BCUT2D eigenvalue weighted by atomic mass is 10.0. The average molecular weight is 284 g/mol. The Balaban J connectivity index is -0.000000169. The van der Waals surface area contributed by atoms with E-state index in [0.717, 1.165) is 0 Å². The first-order valence-corrected chi connectivity index (χ1v) is 6.90. The largest absolute Gasteiger partial charge is 0.394 e. The van der Waals surface area contributed by atoms with E-state index in [0.29, 0.717) is 0 Å². The Labute approximate surface area is 116 Å². The van der Waals surface area contributed by atoms with Gasteiger partial charge in [0.05, 0.1) is 39.6 Å². The highest BCUT2D eigenvalue weighted by Gasteiger charge is 1.95. The van der Waals surface area contributed by atoms with Gasteiger partial charge in [-0.25, -0.2) is 0 Å². The summed E-state index contributed by atoms with van der Waals surface area (Å²) in [5.41, 5.74) is 0. The van der Waals surface area contributed by atoms with Crippen molar-refractivity contribution in [3.63, 3.8) is 0 Å². The number of hydrogen-bond acceptors (Lipinski definition) is 6. The summed E-state index contributed by atoms with van der Waals surface area (Å²) in [4.78, 5) is 0. The highest BCUT2D eigenvalue weighted by molar-refractivity contribution is 4.51. The molecule has 6 N–H and O–H groups in total. The molecule has 0 amide bonds. The van der Waals surface area contributed by atoms with E-state index in [2.05, 4.69) is 0 Å². The standard InChI is InChI=1S/C4H8.C3H6.3C2H6O2/c1-2-4-3-1;1-2-3-1;3*3-1-2-4/h1-4H2;1-3H2;3*3-4H,1-2H2. The van der Waals surface area contributed by atoms with Gasteiger partial charge in [-0.3, -0.25) is 0 Å². The summed E-state index contributed by atoms with van der Waals surface area (Å²) in [5.74, 6) is 0. The van der Waals surface area contributed by atoms with Crippen LogP contribution in [0.5, 0.6) is 0 Å². The lowest BCUT2D eigenvalue weighted by Crippen LogP contribution is -1.85. The fourth-order valence-corrected chi connectivity index (χ4v) is 0.250. The van der Waals surface area contributed by atoms with E-state index >= 15 is 0 Å². The van der Waals surface area contributed by atoms with Gasteiger partial charge in [0.25, 0.3) is 0 Å². The predicted molar refractivity (Wildman–Crippen MR) is 74.8 cm³/mol. The molecule has 0 aromatic rings. The van der Waals surface area contributed by atoms with E-state index in [9.17, 15) is 0 Å². The molecule has 0 aromatic heterocycles. The van der Waals surface area contributed by atoms with Gasteiger partial charge in [-0.1, -0.05) is 44.9 Å². The lowest BCUT2D eigenvalue weighted by Gasteiger charge is -2.05. The lowest BCUT2D eigenvalue weighted by molar-refractivity contribution is 0.186. The maximum Gasteiger partial charge on any atom is 0.0662 e. The number of aliphatic hydroxyl groups is 6. The van der Waals surface area contributed by atoms with Crippen molar-refractivity contribution in [2.45, 2.75) is 44.9 Å². The maximum atomic E-state index is 7.62. The molecule has 0 saturated heterocycles. The molecule has 2 aliphatic rings. The Hall–Kier alpha value is -0.240. The molecule has 2 fully saturated rings. The molecule has 6 nitrogen and oxygen atoms in total. The van der Waals surface area contributed by atoms with Crippen molar-refractivity contribution in [1.82, 2.24) is 0 Å². The zero-order valence-corrected chi connectivity index (χ0v) is 11.9. The summed E-state index contributed by atoms with van der Waals surface area (Å²) >= 11 is 0.